The van der Waals surface area contributed by atoms with Crippen molar-refractivity contribution >= 4 is 34.0 Å². The molecule has 0 spiro atoms. The monoisotopic (exact) mass is 384 g/mol. The Morgan fingerprint density at radius 3 is 2.73 bits per heavy atom. The summed E-state index contributed by atoms with van der Waals surface area (Å²) in [4.78, 5) is 19.2. The number of anilines is 1. The van der Waals surface area contributed by atoms with Gasteiger partial charge >= 0.3 is 0 Å². The van der Waals surface area contributed by atoms with E-state index in [-0.39, 0.29) is 11.9 Å². The van der Waals surface area contributed by atoms with Crippen molar-refractivity contribution in [2.45, 2.75) is 31.7 Å². The Hall–Kier alpha value is -2.31. The third-order valence-electron chi connectivity index (χ3n) is 4.51. The molecule has 4 rings (SSSR count). The Bertz CT molecular complexity index is 909. The number of benzene rings is 1. The topological polar surface area (TPSA) is 59.0 Å². The summed E-state index contributed by atoms with van der Waals surface area (Å²) < 4.78 is 0. The zero-order valence-corrected chi connectivity index (χ0v) is 15.6. The zero-order valence-electron chi connectivity index (χ0n) is 14.0. The van der Waals surface area contributed by atoms with Crippen LogP contribution in [0.15, 0.2) is 48.8 Å². The van der Waals surface area contributed by atoms with Crippen molar-refractivity contribution in [1.29, 1.82) is 0 Å². The molecular formula is C19H17ClN4OS. The van der Waals surface area contributed by atoms with Gasteiger partial charge in [-0.25, -0.2) is 0 Å². The van der Waals surface area contributed by atoms with E-state index in [9.17, 15) is 4.79 Å². The molecule has 132 valence electrons. The number of carbonyl (C=O) groups excluding carboxylic acids is 1. The van der Waals surface area contributed by atoms with E-state index in [4.69, 9.17) is 11.6 Å². The van der Waals surface area contributed by atoms with Crippen LogP contribution in [-0.4, -0.2) is 27.1 Å². The van der Waals surface area contributed by atoms with Crippen LogP contribution < -0.4 is 4.90 Å². The van der Waals surface area contributed by atoms with Crippen molar-refractivity contribution < 1.29 is 4.79 Å². The number of nitrogens with zero attached hydrogens (tertiary/aromatic N) is 4. The molecule has 0 atom stereocenters. The van der Waals surface area contributed by atoms with E-state index in [0.29, 0.717) is 15.7 Å². The fourth-order valence-electron chi connectivity index (χ4n) is 3.25. The van der Waals surface area contributed by atoms with Crippen molar-refractivity contribution in [2.24, 2.45) is 0 Å². The van der Waals surface area contributed by atoms with Crippen LogP contribution >= 0.6 is 22.9 Å². The van der Waals surface area contributed by atoms with E-state index < -0.39 is 0 Å². The lowest BCUT2D eigenvalue weighted by atomic mass is 10.1. The van der Waals surface area contributed by atoms with Gasteiger partial charge in [0.2, 0.25) is 5.13 Å². The summed E-state index contributed by atoms with van der Waals surface area (Å²) in [5.41, 5.74) is 1.47. The van der Waals surface area contributed by atoms with E-state index in [1.54, 1.807) is 41.6 Å². The molecule has 0 bridgehead atoms. The lowest BCUT2D eigenvalue weighted by Gasteiger charge is -2.26. The molecule has 0 unspecified atom stereocenters. The largest absolute Gasteiger partial charge is 0.279 e. The third-order valence-corrected chi connectivity index (χ3v) is 5.72. The average molecular weight is 385 g/mol. The van der Waals surface area contributed by atoms with Gasteiger partial charge in [0.15, 0.2) is 5.01 Å². The first-order valence-electron chi connectivity index (χ1n) is 8.55. The minimum atomic E-state index is -0.0757. The highest BCUT2D eigenvalue weighted by molar-refractivity contribution is 7.18. The Morgan fingerprint density at radius 2 is 2.00 bits per heavy atom. The van der Waals surface area contributed by atoms with Gasteiger partial charge in [-0.15, -0.1) is 10.2 Å². The van der Waals surface area contributed by atoms with Crippen LogP contribution in [0.25, 0.3) is 10.6 Å². The molecule has 1 aliphatic rings. The lowest BCUT2D eigenvalue weighted by molar-refractivity contribution is 0.0976. The van der Waals surface area contributed by atoms with Crippen LogP contribution in [0.3, 0.4) is 0 Å². The number of hydrogen-bond acceptors (Lipinski definition) is 5. The van der Waals surface area contributed by atoms with Crippen LogP contribution in [-0.2, 0) is 0 Å². The Kier molecular flexibility index (Phi) is 4.95. The van der Waals surface area contributed by atoms with Crippen LogP contribution in [0.5, 0.6) is 0 Å². The summed E-state index contributed by atoms with van der Waals surface area (Å²) in [6, 6.07) is 11.0. The van der Waals surface area contributed by atoms with E-state index >= 15 is 0 Å². The predicted octanol–water partition coefficient (Wildman–Crippen LogP) is 4.84. The van der Waals surface area contributed by atoms with Crippen LogP contribution in [0.2, 0.25) is 5.02 Å². The highest BCUT2D eigenvalue weighted by Crippen LogP contribution is 2.34. The molecule has 3 aromatic rings. The summed E-state index contributed by atoms with van der Waals surface area (Å²) in [6.07, 6.45) is 7.68. The molecule has 0 radical (unpaired) electrons. The second-order valence-corrected chi connectivity index (χ2v) is 7.65. The number of hydrogen-bond donors (Lipinski definition) is 0. The molecule has 0 saturated heterocycles. The Balaban J connectivity index is 1.70. The normalized spacial score (nSPS) is 14.5. The summed E-state index contributed by atoms with van der Waals surface area (Å²) in [5, 5.41) is 10.5. The second-order valence-electron chi connectivity index (χ2n) is 6.26. The summed E-state index contributed by atoms with van der Waals surface area (Å²) in [6.45, 7) is 0. The maximum Gasteiger partial charge on any atom is 0.260 e. The van der Waals surface area contributed by atoms with Crippen molar-refractivity contribution in [3.05, 3.63) is 59.4 Å². The molecule has 7 heteroatoms. The fraction of sp³-hybridized carbons (Fsp3) is 0.263. The SMILES string of the molecule is O=C(c1cccc(Cl)c1)N(c1nnc(-c2cccnc2)s1)C1CCCC1. The number of pyridine rings is 1. The quantitative estimate of drug-likeness (QED) is 0.645. The Labute approximate surface area is 160 Å². The number of aromatic nitrogens is 3. The van der Waals surface area contributed by atoms with Crippen molar-refractivity contribution in [2.75, 3.05) is 4.90 Å². The van der Waals surface area contributed by atoms with Gasteiger partial charge in [-0.05, 0) is 43.2 Å². The number of halogens is 1. The highest BCUT2D eigenvalue weighted by Gasteiger charge is 2.31. The van der Waals surface area contributed by atoms with Crippen molar-refractivity contribution in [3.63, 3.8) is 0 Å². The number of amides is 1. The van der Waals surface area contributed by atoms with Gasteiger partial charge in [0.05, 0.1) is 0 Å². The van der Waals surface area contributed by atoms with Crippen molar-refractivity contribution in [1.82, 2.24) is 15.2 Å². The van der Waals surface area contributed by atoms with Crippen LogP contribution in [0.4, 0.5) is 5.13 Å². The predicted molar refractivity (Wildman–Crippen MR) is 104 cm³/mol. The van der Waals surface area contributed by atoms with E-state index in [1.807, 2.05) is 12.1 Å². The second kappa shape index (κ2) is 7.51. The minimum absolute atomic E-state index is 0.0757. The van der Waals surface area contributed by atoms with Gasteiger partial charge < -0.3 is 0 Å². The summed E-state index contributed by atoms with van der Waals surface area (Å²) in [5.74, 6) is -0.0757. The first-order valence-corrected chi connectivity index (χ1v) is 9.75. The van der Waals surface area contributed by atoms with E-state index in [0.717, 1.165) is 36.3 Å². The molecule has 2 aromatic heterocycles. The average Bonchev–Trinajstić information content (AvgIpc) is 3.35. The minimum Gasteiger partial charge on any atom is -0.279 e. The third kappa shape index (κ3) is 3.48. The maximum absolute atomic E-state index is 13.2. The smallest absolute Gasteiger partial charge is 0.260 e. The van der Waals surface area contributed by atoms with Crippen molar-refractivity contribution in [3.8, 4) is 10.6 Å². The summed E-state index contributed by atoms with van der Waals surface area (Å²) >= 11 is 7.50. The number of rotatable bonds is 4. The molecule has 1 fully saturated rings. The fourth-order valence-corrected chi connectivity index (χ4v) is 4.35. The molecule has 5 nitrogen and oxygen atoms in total. The van der Waals surface area contributed by atoms with E-state index in [2.05, 4.69) is 15.2 Å². The van der Waals surface area contributed by atoms with Crippen LogP contribution in [0, 0.1) is 0 Å². The Morgan fingerprint density at radius 1 is 1.15 bits per heavy atom. The molecule has 1 aliphatic carbocycles. The standard InChI is InChI=1S/C19H17ClN4OS/c20-15-7-3-5-13(11-15)18(25)24(16-8-1-2-9-16)19-23-22-17(26-19)14-6-4-10-21-12-14/h3-7,10-12,16H,1-2,8-9H2. The number of carbonyl (C=O) groups is 1. The lowest BCUT2D eigenvalue weighted by Crippen LogP contribution is -2.39. The first-order chi connectivity index (χ1) is 12.7. The molecular weight excluding hydrogens is 368 g/mol. The van der Waals surface area contributed by atoms with Gasteiger partial charge in [-0.1, -0.05) is 41.8 Å². The van der Waals surface area contributed by atoms with Gasteiger partial charge in [0.25, 0.3) is 5.91 Å². The first kappa shape index (κ1) is 17.1. The van der Waals surface area contributed by atoms with Gasteiger partial charge in [0, 0.05) is 34.6 Å². The molecule has 1 amide bonds. The highest BCUT2D eigenvalue weighted by atomic mass is 35.5. The van der Waals surface area contributed by atoms with Gasteiger partial charge in [-0.3, -0.25) is 14.7 Å². The van der Waals surface area contributed by atoms with Gasteiger partial charge in [0.1, 0.15) is 0 Å². The molecule has 0 aliphatic heterocycles. The molecule has 0 N–H and O–H groups in total. The molecule has 1 aromatic carbocycles. The zero-order chi connectivity index (χ0) is 17.9. The maximum atomic E-state index is 13.2. The summed E-state index contributed by atoms with van der Waals surface area (Å²) in [7, 11) is 0. The molecule has 26 heavy (non-hydrogen) atoms. The van der Waals surface area contributed by atoms with Crippen LogP contribution in [0.1, 0.15) is 36.0 Å². The molecule has 2 heterocycles. The van der Waals surface area contributed by atoms with Gasteiger partial charge in [-0.2, -0.15) is 0 Å². The van der Waals surface area contributed by atoms with E-state index in [1.165, 1.54) is 11.3 Å². The molecule has 1 saturated carbocycles.